The third-order valence-corrected chi connectivity index (χ3v) is 3.56. The fourth-order valence-electron chi connectivity index (χ4n) is 2.63. The van der Waals surface area contributed by atoms with E-state index in [9.17, 15) is 0 Å². The maximum absolute atomic E-state index is 4.46. The van der Waals surface area contributed by atoms with Crippen LogP contribution in [0.25, 0.3) is 10.9 Å². The number of hydrogen-bond donors (Lipinski definition) is 0. The summed E-state index contributed by atoms with van der Waals surface area (Å²) < 4.78 is 0. The van der Waals surface area contributed by atoms with Crippen LogP contribution in [0.15, 0.2) is 49.1 Å². The Labute approximate surface area is 110 Å². The summed E-state index contributed by atoms with van der Waals surface area (Å²) in [6.45, 7) is 1.81. The molecule has 3 heterocycles. The number of rotatable bonds is 1. The molecule has 0 fully saturated rings. The van der Waals surface area contributed by atoms with Crippen LogP contribution in [-0.4, -0.2) is 15.0 Å². The number of nitrogens with zero attached hydrogens (tertiary/aromatic N) is 4. The average molecular weight is 248 g/mol. The van der Waals surface area contributed by atoms with E-state index in [-0.39, 0.29) is 0 Å². The van der Waals surface area contributed by atoms with Gasteiger partial charge in [0.2, 0.25) is 0 Å². The summed E-state index contributed by atoms with van der Waals surface area (Å²) in [4.78, 5) is 15.1. The van der Waals surface area contributed by atoms with E-state index in [2.05, 4.69) is 44.1 Å². The van der Waals surface area contributed by atoms with Gasteiger partial charge in [-0.2, -0.15) is 0 Å². The van der Waals surface area contributed by atoms with Gasteiger partial charge in [0.05, 0.1) is 11.7 Å². The highest BCUT2D eigenvalue weighted by molar-refractivity contribution is 5.88. The molecule has 0 saturated heterocycles. The molecule has 0 spiro atoms. The zero-order valence-corrected chi connectivity index (χ0v) is 10.3. The highest BCUT2D eigenvalue weighted by Crippen LogP contribution is 2.30. The maximum Gasteiger partial charge on any atom is 0.140 e. The molecular weight excluding hydrogens is 236 g/mol. The van der Waals surface area contributed by atoms with Crippen molar-refractivity contribution in [2.75, 3.05) is 4.90 Å². The molecule has 4 heteroatoms. The van der Waals surface area contributed by atoms with Crippen LogP contribution in [0.4, 0.5) is 5.82 Å². The van der Waals surface area contributed by atoms with Crippen LogP contribution < -0.4 is 4.90 Å². The van der Waals surface area contributed by atoms with Crippen LogP contribution in [0.3, 0.4) is 0 Å². The zero-order valence-electron chi connectivity index (χ0n) is 10.3. The predicted molar refractivity (Wildman–Crippen MR) is 73.7 cm³/mol. The monoisotopic (exact) mass is 248 g/mol. The van der Waals surface area contributed by atoms with Crippen molar-refractivity contribution in [3.63, 3.8) is 0 Å². The minimum absolute atomic E-state index is 0.892. The van der Waals surface area contributed by atoms with Crippen LogP contribution in [-0.2, 0) is 13.1 Å². The molecule has 4 nitrogen and oxygen atoms in total. The standard InChI is InChI=1S/C15H12N4/c1-2-4-12-9-19(8-11(12)3-1)15-13-5-6-16-7-14(13)17-10-18-15/h1-7,10H,8-9H2. The van der Waals surface area contributed by atoms with Gasteiger partial charge in [0.1, 0.15) is 12.1 Å². The molecule has 0 bridgehead atoms. The molecule has 2 aromatic heterocycles. The fraction of sp³-hybridized carbons (Fsp3) is 0.133. The number of benzene rings is 1. The lowest BCUT2D eigenvalue weighted by Crippen LogP contribution is -2.16. The van der Waals surface area contributed by atoms with Crippen molar-refractivity contribution in [1.29, 1.82) is 0 Å². The Morgan fingerprint density at radius 2 is 1.74 bits per heavy atom. The Kier molecular flexibility index (Phi) is 2.21. The van der Waals surface area contributed by atoms with E-state index in [0.29, 0.717) is 0 Å². The minimum atomic E-state index is 0.892. The molecule has 1 aliphatic rings. The molecule has 0 unspecified atom stereocenters. The van der Waals surface area contributed by atoms with Gasteiger partial charge in [-0.3, -0.25) is 4.98 Å². The Hall–Kier alpha value is -2.49. The smallest absolute Gasteiger partial charge is 0.140 e. The molecule has 4 rings (SSSR count). The van der Waals surface area contributed by atoms with Gasteiger partial charge in [0.15, 0.2) is 0 Å². The molecule has 1 aromatic carbocycles. The Balaban J connectivity index is 1.81. The van der Waals surface area contributed by atoms with Crippen LogP contribution in [0.1, 0.15) is 11.1 Å². The van der Waals surface area contributed by atoms with Crippen molar-refractivity contribution in [2.45, 2.75) is 13.1 Å². The van der Waals surface area contributed by atoms with Crippen molar-refractivity contribution in [3.8, 4) is 0 Å². The molecule has 92 valence electrons. The summed E-state index contributed by atoms with van der Waals surface area (Å²) in [6, 6.07) is 10.5. The highest BCUT2D eigenvalue weighted by Gasteiger charge is 2.21. The minimum Gasteiger partial charge on any atom is -0.347 e. The number of aromatic nitrogens is 3. The molecule has 0 N–H and O–H groups in total. The third kappa shape index (κ3) is 1.64. The average Bonchev–Trinajstić information content (AvgIpc) is 2.90. The van der Waals surface area contributed by atoms with E-state index in [1.807, 2.05) is 6.07 Å². The van der Waals surface area contributed by atoms with E-state index in [0.717, 1.165) is 29.8 Å². The molecule has 0 amide bonds. The molecule has 0 aliphatic carbocycles. The number of fused-ring (bicyclic) bond motifs is 2. The first kappa shape index (κ1) is 10.4. The van der Waals surface area contributed by atoms with Crippen LogP contribution in [0.2, 0.25) is 0 Å². The second-order valence-electron chi connectivity index (χ2n) is 4.71. The first-order chi connectivity index (χ1) is 9.42. The van der Waals surface area contributed by atoms with E-state index < -0.39 is 0 Å². The van der Waals surface area contributed by atoms with Gasteiger partial charge in [-0.15, -0.1) is 0 Å². The third-order valence-electron chi connectivity index (χ3n) is 3.56. The summed E-state index contributed by atoms with van der Waals surface area (Å²) in [5.74, 6) is 0.989. The van der Waals surface area contributed by atoms with Crippen LogP contribution in [0.5, 0.6) is 0 Å². The predicted octanol–water partition coefficient (Wildman–Crippen LogP) is 2.55. The van der Waals surface area contributed by atoms with Crippen molar-refractivity contribution in [3.05, 3.63) is 60.2 Å². The van der Waals surface area contributed by atoms with Crippen LogP contribution >= 0.6 is 0 Å². The van der Waals surface area contributed by atoms with E-state index in [1.165, 1.54) is 11.1 Å². The zero-order chi connectivity index (χ0) is 12.7. The summed E-state index contributed by atoms with van der Waals surface area (Å²) in [7, 11) is 0. The van der Waals surface area contributed by atoms with Gasteiger partial charge in [0, 0.05) is 24.7 Å². The van der Waals surface area contributed by atoms with Gasteiger partial charge >= 0.3 is 0 Å². The largest absolute Gasteiger partial charge is 0.347 e. The molecule has 0 radical (unpaired) electrons. The Bertz CT molecular complexity index is 723. The topological polar surface area (TPSA) is 41.9 Å². The molecular formula is C15H12N4. The van der Waals surface area contributed by atoms with Crippen molar-refractivity contribution >= 4 is 16.7 Å². The van der Waals surface area contributed by atoms with Gasteiger partial charge in [0.25, 0.3) is 0 Å². The maximum atomic E-state index is 4.46. The second kappa shape index (κ2) is 4.02. The van der Waals surface area contributed by atoms with Crippen molar-refractivity contribution < 1.29 is 0 Å². The van der Waals surface area contributed by atoms with Gasteiger partial charge < -0.3 is 4.90 Å². The first-order valence-corrected chi connectivity index (χ1v) is 6.28. The normalized spacial score (nSPS) is 13.8. The second-order valence-corrected chi connectivity index (χ2v) is 4.71. The highest BCUT2D eigenvalue weighted by atomic mass is 15.2. The van der Waals surface area contributed by atoms with Gasteiger partial charge in [-0.05, 0) is 17.2 Å². The van der Waals surface area contributed by atoms with Gasteiger partial charge in [-0.1, -0.05) is 24.3 Å². The van der Waals surface area contributed by atoms with Crippen molar-refractivity contribution in [2.24, 2.45) is 0 Å². The molecule has 1 aliphatic heterocycles. The Morgan fingerprint density at radius 1 is 0.947 bits per heavy atom. The SMILES string of the molecule is c1ccc2c(c1)CN(c1ncnc3cnccc13)C2. The van der Waals surface area contributed by atoms with Crippen molar-refractivity contribution in [1.82, 2.24) is 15.0 Å². The Morgan fingerprint density at radius 3 is 2.53 bits per heavy atom. The van der Waals surface area contributed by atoms with Gasteiger partial charge in [-0.25, -0.2) is 9.97 Å². The van der Waals surface area contributed by atoms with E-state index >= 15 is 0 Å². The number of hydrogen-bond acceptors (Lipinski definition) is 4. The quantitative estimate of drug-likeness (QED) is 0.663. The lowest BCUT2D eigenvalue weighted by atomic mass is 10.1. The number of pyridine rings is 1. The summed E-state index contributed by atoms with van der Waals surface area (Å²) >= 11 is 0. The summed E-state index contributed by atoms with van der Waals surface area (Å²) in [5.41, 5.74) is 3.65. The fourth-order valence-corrected chi connectivity index (χ4v) is 2.63. The first-order valence-electron chi connectivity index (χ1n) is 6.28. The number of anilines is 1. The van der Waals surface area contributed by atoms with E-state index in [1.54, 1.807) is 18.7 Å². The van der Waals surface area contributed by atoms with Crippen LogP contribution in [0, 0.1) is 0 Å². The molecule has 3 aromatic rings. The van der Waals surface area contributed by atoms with E-state index in [4.69, 9.17) is 0 Å². The summed E-state index contributed by atoms with van der Waals surface area (Å²) in [6.07, 6.45) is 5.18. The molecule has 0 atom stereocenters. The lowest BCUT2D eigenvalue weighted by molar-refractivity contribution is 0.859. The lowest BCUT2D eigenvalue weighted by Gasteiger charge is -2.17. The molecule has 0 saturated carbocycles. The molecule has 19 heavy (non-hydrogen) atoms. The summed E-state index contributed by atoms with van der Waals surface area (Å²) in [5, 5.41) is 1.06.